The number of morpholine rings is 1. The first-order valence-electron chi connectivity index (χ1n) is 7.25. The van der Waals surface area contributed by atoms with E-state index in [1.807, 2.05) is 0 Å². The van der Waals surface area contributed by atoms with E-state index < -0.39 is 8.07 Å². The summed E-state index contributed by atoms with van der Waals surface area (Å²) in [6.07, 6.45) is 1.39. The highest BCUT2D eigenvalue weighted by atomic mass is 28.3. The molecule has 3 nitrogen and oxygen atoms in total. The third-order valence-corrected chi connectivity index (χ3v) is 9.26. The van der Waals surface area contributed by atoms with Gasteiger partial charge in [-0.25, -0.2) is 0 Å². The Kier molecular flexibility index (Phi) is 3.54. The van der Waals surface area contributed by atoms with Crippen LogP contribution in [-0.4, -0.2) is 41.5 Å². The average Bonchev–Trinajstić information content (AvgIpc) is 2.45. The van der Waals surface area contributed by atoms with Crippen LogP contribution in [0.15, 0.2) is 18.2 Å². The molecule has 0 aromatic heterocycles. The fourth-order valence-electron chi connectivity index (χ4n) is 3.32. The summed E-state index contributed by atoms with van der Waals surface area (Å²) in [7, 11) is 0.530. The number of nitrogens with zero attached hydrogens (tertiary/aromatic N) is 1. The van der Waals surface area contributed by atoms with Crippen LogP contribution in [0.25, 0.3) is 0 Å². The van der Waals surface area contributed by atoms with Gasteiger partial charge in [-0.3, -0.25) is 0 Å². The molecular weight excluding hydrogens is 254 g/mol. The second-order valence-corrected chi connectivity index (χ2v) is 10.5. The van der Waals surface area contributed by atoms with E-state index in [4.69, 9.17) is 9.47 Å². The minimum absolute atomic E-state index is 0.842. The average molecular weight is 277 g/mol. The molecule has 2 saturated heterocycles. The minimum Gasteiger partial charge on any atom is -0.497 e. The molecule has 104 valence electrons. The molecule has 4 heteroatoms. The molecule has 0 bridgehead atoms. The van der Waals surface area contributed by atoms with Gasteiger partial charge in [0.15, 0.2) is 0 Å². The summed E-state index contributed by atoms with van der Waals surface area (Å²) in [5, 5.41) is 1.55. The van der Waals surface area contributed by atoms with Crippen LogP contribution in [-0.2, 0) is 4.74 Å². The first-order valence-corrected chi connectivity index (χ1v) is 10.2. The lowest BCUT2D eigenvalue weighted by molar-refractivity contribution is 0.123. The van der Waals surface area contributed by atoms with Crippen LogP contribution >= 0.6 is 0 Å². The summed E-state index contributed by atoms with van der Waals surface area (Å²) in [5.74, 6) is 1.11. The summed E-state index contributed by atoms with van der Waals surface area (Å²) < 4.78 is 11.2. The van der Waals surface area contributed by atoms with Crippen LogP contribution in [0.2, 0.25) is 18.6 Å². The number of hydrogen-bond acceptors (Lipinski definition) is 3. The molecule has 19 heavy (non-hydrogen) atoms. The van der Waals surface area contributed by atoms with E-state index >= 15 is 0 Å². The fourth-order valence-corrected chi connectivity index (χ4v) is 6.88. The van der Waals surface area contributed by atoms with Crippen molar-refractivity contribution in [3.05, 3.63) is 18.2 Å². The molecule has 2 heterocycles. The summed E-state index contributed by atoms with van der Waals surface area (Å²) in [5.41, 5.74) is 1.41. The smallest absolute Gasteiger partial charge is 0.120 e. The molecular formula is C15H23NO2Si. The molecule has 0 N–H and O–H groups in total. The van der Waals surface area contributed by atoms with Gasteiger partial charge in [-0.05, 0) is 12.1 Å². The molecule has 2 aliphatic heterocycles. The largest absolute Gasteiger partial charge is 0.497 e. The van der Waals surface area contributed by atoms with Crippen molar-refractivity contribution in [2.75, 3.05) is 38.3 Å². The first kappa shape index (κ1) is 13.0. The van der Waals surface area contributed by atoms with Gasteiger partial charge in [0.2, 0.25) is 0 Å². The fraction of sp³-hybridized carbons (Fsp3) is 0.600. The van der Waals surface area contributed by atoms with Gasteiger partial charge in [-0.15, -0.1) is 0 Å². The topological polar surface area (TPSA) is 21.7 Å². The van der Waals surface area contributed by atoms with Crippen LogP contribution in [0.4, 0.5) is 5.69 Å². The number of anilines is 1. The molecule has 0 aliphatic carbocycles. The van der Waals surface area contributed by atoms with E-state index in [2.05, 4.69) is 29.6 Å². The molecule has 0 atom stereocenters. The lowest BCUT2D eigenvalue weighted by Crippen LogP contribution is -2.53. The van der Waals surface area contributed by atoms with Crippen LogP contribution in [0.3, 0.4) is 0 Å². The lowest BCUT2D eigenvalue weighted by atomic mass is 10.2. The third kappa shape index (κ3) is 2.27. The van der Waals surface area contributed by atoms with E-state index in [1.165, 1.54) is 24.2 Å². The van der Waals surface area contributed by atoms with Gasteiger partial charge in [0, 0.05) is 24.0 Å². The number of hydrogen-bond donors (Lipinski definition) is 0. The first-order chi connectivity index (χ1) is 9.24. The summed E-state index contributed by atoms with van der Waals surface area (Å²) >= 11 is 0. The van der Waals surface area contributed by atoms with E-state index in [0.717, 1.165) is 32.1 Å². The van der Waals surface area contributed by atoms with Crippen molar-refractivity contribution in [2.24, 2.45) is 0 Å². The van der Waals surface area contributed by atoms with Gasteiger partial charge < -0.3 is 14.4 Å². The predicted molar refractivity (Wildman–Crippen MR) is 81.5 cm³/mol. The Morgan fingerprint density at radius 2 is 1.95 bits per heavy atom. The van der Waals surface area contributed by atoms with Crippen molar-refractivity contribution in [3.8, 4) is 5.75 Å². The van der Waals surface area contributed by atoms with E-state index in [9.17, 15) is 0 Å². The zero-order valence-corrected chi connectivity index (χ0v) is 12.9. The van der Waals surface area contributed by atoms with Crippen LogP contribution < -0.4 is 14.8 Å². The second kappa shape index (κ2) is 5.17. The van der Waals surface area contributed by atoms with E-state index in [1.54, 1.807) is 12.3 Å². The Bertz CT molecular complexity index is 453. The number of rotatable bonds is 3. The van der Waals surface area contributed by atoms with Gasteiger partial charge >= 0.3 is 0 Å². The highest BCUT2D eigenvalue weighted by Gasteiger charge is 2.41. The van der Waals surface area contributed by atoms with Crippen LogP contribution in [0, 0.1) is 0 Å². The van der Waals surface area contributed by atoms with E-state index in [-0.39, 0.29) is 0 Å². The summed E-state index contributed by atoms with van der Waals surface area (Å²) in [6, 6.07) is 9.36. The zero-order valence-electron chi connectivity index (χ0n) is 11.9. The standard InChI is InChI=1S/C15H23NO2Si/c1-17-14-6-3-5-13(16-7-9-18-10-8-16)15(14)19(2)11-4-12-19/h3,5-6H,4,7-12H2,1-2H3. The van der Waals surface area contributed by atoms with Gasteiger partial charge in [0.05, 0.1) is 28.4 Å². The maximum Gasteiger partial charge on any atom is 0.120 e. The number of methoxy groups -OCH3 is 1. The highest BCUT2D eigenvalue weighted by molar-refractivity contribution is 6.94. The quantitative estimate of drug-likeness (QED) is 0.791. The van der Waals surface area contributed by atoms with E-state index in [0.29, 0.717) is 0 Å². The maximum absolute atomic E-state index is 5.68. The van der Waals surface area contributed by atoms with Crippen molar-refractivity contribution in [1.82, 2.24) is 0 Å². The minimum atomic E-state index is -1.27. The normalized spacial score (nSPS) is 21.9. The maximum atomic E-state index is 5.68. The van der Waals surface area contributed by atoms with Crippen molar-refractivity contribution >= 4 is 18.9 Å². The molecule has 0 unspecified atom stereocenters. The summed E-state index contributed by atoms with van der Waals surface area (Å²) in [4.78, 5) is 2.48. The molecule has 3 rings (SSSR count). The van der Waals surface area contributed by atoms with Crippen molar-refractivity contribution in [2.45, 2.75) is 25.1 Å². The molecule has 1 aromatic rings. The van der Waals surface area contributed by atoms with Gasteiger partial charge in [-0.1, -0.05) is 31.1 Å². The number of ether oxygens (including phenoxy) is 2. The molecule has 1 aromatic carbocycles. The Hall–Kier alpha value is -1.00. The summed E-state index contributed by atoms with van der Waals surface area (Å²) in [6.45, 7) is 6.21. The van der Waals surface area contributed by atoms with Gasteiger partial charge in [0.1, 0.15) is 5.75 Å². The van der Waals surface area contributed by atoms with Crippen LogP contribution in [0.1, 0.15) is 6.42 Å². The van der Waals surface area contributed by atoms with Crippen LogP contribution in [0.5, 0.6) is 5.75 Å². The molecule has 0 radical (unpaired) electrons. The Balaban J connectivity index is 2.02. The van der Waals surface area contributed by atoms with Crippen molar-refractivity contribution in [3.63, 3.8) is 0 Å². The molecule has 2 aliphatic rings. The predicted octanol–water partition coefficient (Wildman–Crippen LogP) is 2.22. The van der Waals surface area contributed by atoms with Gasteiger partial charge in [0.25, 0.3) is 0 Å². The molecule has 2 fully saturated rings. The molecule has 0 spiro atoms. The SMILES string of the molecule is COc1cccc(N2CCOCC2)c1[Si]1(C)CCC1. The Morgan fingerprint density at radius 3 is 2.53 bits per heavy atom. The molecule has 0 saturated carbocycles. The van der Waals surface area contributed by atoms with Crippen molar-refractivity contribution < 1.29 is 9.47 Å². The lowest BCUT2D eigenvalue weighted by Gasteiger charge is -2.41. The van der Waals surface area contributed by atoms with Gasteiger partial charge in [-0.2, -0.15) is 0 Å². The Labute approximate surface area is 116 Å². The zero-order chi connectivity index (χ0) is 13.3. The Morgan fingerprint density at radius 1 is 1.21 bits per heavy atom. The van der Waals surface area contributed by atoms with Crippen molar-refractivity contribution in [1.29, 1.82) is 0 Å². The molecule has 0 amide bonds. The highest BCUT2D eigenvalue weighted by Crippen LogP contribution is 2.37. The number of benzene rings is 1. The third-order valence-electron chi connectivity index (χ3n) is 4.64. The second-order valence-electron chi connectivity index (χ2n) is 5.87. The monoisotopic (exact) mass is 277 g/mol.